The predicted octanol–water partition coefficient (Wildman–Crippen LogP) is 7.55. The van der Waals surface area contributed by atoms with E-state index in [0.29, 0.717) is 29.2 Å². The normalized spacial score (nSPS) is 12.0. The van der Waals surface area contributed by atoms with Gasteiger partial charge < -0.3 is 0 Å². The smallest absolute Gasteiger partial charge is 0.282 e. The van der Waals surface area contributed by atoms with Crippen molar-refractivity contribution in [2.24, 2.45) is 15.3 Å². The summed E-state index contributed by atoms with van der Waals surface area (Å²) in [4.78, 5) is -0.0767. The second-order valence-electron chi connectivity index (χ2n) is 8.54. The van der Waals surface area contributed by atoms with E-state index in [4.69, 9.17) is 0 Å². The molecule has 9 heteroatoms. The maximum atomic E-state index is 11.9. The van der Waals surface area contributed by atoms with Crippen LogP contribution in [0.2, 0.25) is 0 Å². The molecule has 0 unspecified atom stereocenters. The Kier molecular flexibility index (Phi) is 16.0. The zero-order valence-electron chi connectivity index (χ0n) is 21.4. The minimum absolute atomic E-state index is 0. The molecule has 2 N–H and O–H groups in total. The zero-order valence-corrected chi connectivity index (χ0v) is 24.2. The zero-order chi connectivity index (χ0) is 24.7. The van der Waals surface area contributed by atoms with Crippen LogP contribution in [0.4, 0.5) is 11.4 Å². The van der Waals surface area contributed by atoms with E-state index < -0.39 is 10.1 Å². The van der Waals surface area contributed by atoms with Gasteiger partial charge in [-0.15, -0.1) is 10.2 Å². The molecule has 0 atom stereocenters. The van der Waals surface area contributed by atoms with Gasteiger partial charge in [-0.05, 0) is 49.6 Å². The van der Waals surface area contributed by atoms with Gasteiger partial charge in [0.1, 0.15) is 0 Å². The summed E-state index contributed by atoms with van der Waals surface area (Å²) in [6.07, 6.45) is 12.8. The van der Waals surface area contributed by atoms with Gasteiger partial charge in [-0.2, -0.15) is 13.5 Å². The Morgan fingerprint density at radius 2 is 1.49 bits per heavy atom. The van der Waals surface area contributed by atoms with Gasteiger partial charge in [0, 0.05) is 29.6 Å². The number of aryl methyl sites for hydroxylation is 1. The molecule has 0 saturated heterocycles. The molecule has 0 aromatic heterocycles. The summed E-state index contributed by atoms with van der Waals surface area (Å²) >= 11 is 0. The molecule has 0 aliphatic heterocycles. The Labute approximate surface area is 233 Å². The van der Waals surface area contributed by atoms with Crippen molar-refractivity contribution < 1.29 is 13.0 Å². The minimum Gasteiger partial charge on any atom is -0.282 e. The van der Waals surface area contributed by atoms with Gasteiger partial charge >= 0.3 is 0 Å². The average molecular weight is 510 g/mol. The Bertz CT molecular complexity index is 1030. The van der Waals surface area contributed by atoms with Crippen LogP contribution in [-0.4, -0.2) is 48.4 Å². The number of nitrogens with zero attached hydrogens (tertiary/aromatic N) is 3. The van der Waals surface area contributed by atoms with Crippen LogP contribution in [0.15, 0.2) is 68.8 Å². The molecule has 0 amide bonds. The van der Waals surface area contributed by atoms with Crippen LogP contribution in [0.25, 0.3) is 0 Å². The largest absolute Gasteiger partial charge is 0.294 e. The molecule has 2 aromatic rings. The Balaban J connectivity index is 0.00000612. The summed E-state index contributed by atoms with van der Waals surface area (Å²) in [7, 11) is -4.33. The summed E-state index contributed by atoms with van der Waals surface area (Å²) in [5, 5.41) is 12.2. The van der Waals surface area contributed by atoms with Crippen LogP contribution < -0.4 is 5.43 Å². The summed E-state index contributed by atoms with van der Waals surface area (Å²) in [6, 6.07) is 14.2. The molecule has 0 saturated carbocycles. The van der Waals surface area contributed by atoms with Crippen molar-refractivity contribution in [3.63, 3.8) is 0 Å². The van der Waals surface area contributed by atoms with E-state index in [2.05, 4.69) is 27.7 Å². The van der Waals surface area contributed by atoms with Crippen LogP contribution >= 0.6 is 0 Å². The van der Waals surface area contributed by atoms with Crippen molar-refractivity contribution in [1.82, 2.24) is 0 Å². The number of hydrogen-bond acceptors (Lipinski definition) is 5. The first-order chi connectivity index (χ1) is 16.4. The monoisotopic (exact) mass is 509 g/mol. The molecule has 0 aliphatic rings. The van der Waals surface area contributed by atoms with E-state index in [-0.39, 0.29) is 34.5 Å². The third-order valence-corrected chi connectivity index (χ3v) is 6.49. The molecule has 0 spiro atoms. The first-order valence-corrected chi connectivity index (χ1v) is 13.7. The number of nitrogens with one attached hydrogen (secondary N) is 1. The molecule has 1 radical (unpaired) electrons. The number of unbranched alkanes of at least 4 members (excludes halogenated alkanes) is 9. The number of hydrazone groups is 1. The maximum absolute atomic E-state index is 11.9. The average Bonchev–Trinajstić information content (AvgIpc) is 2.83. The molecule has 0 fully saturated rings. The number of anilines is 1. The first-order valence-electron chi connectivity index (χ1n) is 12.3. The predicted molar refractivity (Wildman–Crippen MR) is 145 cm³/mol. The fourth-order valence-corrected chi connectivity index (χ4v) is 4.44. The quantitative estimate of drug-likeness (QED) is 0.0492. The molecule has 187 valence electrons. The number of amidine groups is 1. The van der Waals surface area contributed by atoms with Crippen molar-refractivity contribution in [3.05, 3.63) is 54.1 Å². The van der Waals surface area contributed by atoms with E-state index in [0.717, 1.165) is 19.3 Å². The maximum Gasteiger partial charge on any atom is 0.294 e. The van der Waals surface area contributed by atoms with Gasteiger partial charge in [-0.3, -0.25) is 9.98 Å². The van der Waals surface area contributed by atoms with Crippen molar-refractivity contribution in [3.8, 4) is 0 Å². The van der Waals surface area contributed by atoms with Gasteiger partial charge in [0.05, 0.1) is 16.3 Å². The van der Waals surface area contributed by atoms with E-state index in [1.165, 1.54) is 51.0 Å². The van der Waals surface area contributed by atoms with Gasteiger partial charge in [0.2, 0.25) is 0 Å². The van der Waals surface area contributed by atoms with Crippen molar-refractivity contribution >= 4 is 56.9 Å². The molecule has 2 rings (SSSR count). The number of rotatable bonds is 15. The van der Waals surface area contributed by atoms with E-state index in [1.54, 1.807) is 19.1 Å². The van der Waals surface area contributed by atoms with Crippen LogP contribution in [0.5, 0.6) is 0 Å². The molecule has 7 nitrogen and oxygen atoms in total. The fraction of sp³-hybridized carbons (Fsp3) is 0.500. The van der Waals surface area contributed by atoms with E-state index in [1.807, 2.05) is 30.3 Å². The summed E-state index contributed by atoms with van der Waals surface area (Å²) in [5.74, 6) is 0.381. The van der Waals surface area contributed by atoms with Gasteiger partial charge in [0.25, 0.3) is 10.1 Å². The molecular formula is C26H38N4NaO3S. The topological polar surface area (TPSA) is 103 Å². The third-order valence-electron chi connectivity index (χ3n) is 5.56. The first kappa shape index (κ1) is 31.4. The minimum atomic E-state index is -4.33. The Morgan fingerprint density at radius 1 is 0.886 bits per heavy atom. The van der Waals surface area contributed by atoms with Crippen LogP contribution in [0.3, 0.4) is 0 Å². The molecule has 0 bridgehead atoms. The Hall–Kier alpha value is -1.58. The fourth-order valence-electron chi connectivity index (χ4n) is 3.67. The van der Waals surface area contributed by atoms with E-state index >= 15 is 0 Å². The molecule has 2 aromatic carbocycles. The van der Waals surface area contributed by atoms with Crippen LogP contribution in [-0.2, 0) is 16.5 Å². The third kappa shape index (κ3) is 13.3. The van der Waals surface area contributed by atoms with E-state index in [9.17, 15) is 13.0 Å². The standard InChI is InChI=1S/C26H38N4O3S.Na/c1-3-4-5-6-7-8-9-10-11-13-16-23-19-20-25(21-26(23)34(31,32)33)30-28-22(2)27-29-24-17-14-12-15-18-24;/h12,14-15,17-21,30H,3-11,13,16H2,1-2H3,(H,31,32,33);. The second kappa shape index (κ2) is 17.8. The van der Waals surface area contributed by atoms with Crippen molar-refractivity contribution in [2.45, 2.75) is 89.4 Å². The summed E-state index contributed by atoms with van der Waals surface area (Å²) in [5.41, 5.74) is 4.57. The second-order valence-corrected chi connectivity index (χ2v) is 9.93. The Morgan fingerprint density at radius 3 is 2.09 bits per heavy atom. The number of hydrogen-bond donors (Lipinski definition) is 2. The summed E-state index contributed by atoms with van der Waals surface area (Å²) < 4.78 is 33.6. The SMILES string of the molecule is CCCCCCCCCCCCc1ccc(NN=C(C)N=Nc2ccccc2)cc1S(=O)(=O)O.[Na]. The van der Waals surface area contributed by atoms with Gasteiger partial charge in [0.15, 0.2) is 5.84 Å². The molecule has 0 heterocycles. The van der Waals surface area contributed by atoms with Gasteiger partial charge in [-0.1, -0.05) is 89.0 Å². The molecule has 35 heavy (non-hydrogen) atoms. The number of azo groups is 1. The molecule has 0 aliphatic carbocycles. The van der Waals surface area contributed by atoms with Crippen LogP contribution in [0, 0.1) is 0 Å². The molecular weight excluding hydrogens is 471 g/mol. The van der Waals surface area contributed by atoms with Crippen molar-refractivity contribution in [2.75, 3.05) is 5.43 Å². The van der Waals surface area contributed by atoms with Gasteiger partial charge in [-0.25, -0.2) is 0 Å². The van der Waals surface area contributed by atoms with Crippen molar-refractivity contribution in [1.29, 1.82) is 0 Å². The van der Waals surface area contributed by atoms with Crippen LogP contribution in [0.1, 0.15) is 83.6 Å². The summed E-state index contributed by atoms with van der Waals surface area (Å²) in [6.45, 7) is 3.91. The number of benzene rings is 2.